The Kier molecular flexibility index (Phi) is 6.65. The second kappa shape index (κ2) is 8.80. The molecule has 7 heteroatoms. The van der Waals surface area contributed by atoms with E-state index < -0.39 is 10.0 Å². The van der Waals surface area contributed by atoms with E-state index in [-0.39, 0.29) is 17.7 Å². The molecular formula is C20H32N2O4S. The van der Waals surface area contributed by atoms with Gasteiger partial charge in [-0.1, -0.05) is 19.9 Å². The van der Waals surface area contributed by atoms with Gasteiger partial charge in [-0.15, -0.1) is 0 Å². The quantitative estimate of drug-likeness (QED) is 0.801. The number of sulfonamides is 1. The molecule has 0 aromatic heterocycles. The highest BCUT2D eigenvalue weighted by Gasteiger charge is 2.29. The summed E-state index contributed by atoms with van der Waals surface area (Å²) in [5.41, 5.74) is 1.16. The van der Waals surface area contributed by atoms with Crippen molar-refractivity contribution < 1.29 is 17.9 Å². The lowest BCUT2D eigenvalue weighted by Crippen LogP contribution is -2.46. The average molecular weight is 397 g/mol. The SMILES string of the molecule is CC(C)CS(=O)(=O)N1CCC(N[C@@H](C)c2ccc3c(c2)OCCCO3)CC1. The highest BCUT2D eigenvalue weighted by Crippen LogP contribution is 2.32. The van der Waals surface area contributed by atoms with Gasteiger partial charge in [-0.2, -0.15) is 0 Å². The first kappa shape index (κ1) is 20.4. The van der Waals surface area contributed by atoms with Gasteiger partial charge in [-0.3, -0.25) is 0 Å². The van der Waals surface area contributed by atoms with Crippen LogP contribution in [-0.2, 0) is 10.0 Å². The summed E-state index contributed by atoms with van der Waals surface area (Å²) in [6.45, 7) is 8.61. The summed E-state index contributed by atoms with van der Waals surface area (Å²) in [6.07, 6.45) is 2.58. The molecule has 1 atom stereocenters. The first-order valence-corrected chi connectivity index (χ1v) is 11.6. The van der Waals surface area contributed by atoms with E-state index in [0.29, 0.717) is 32.3 Å². The minimum Gasteiger partial charge on any atom is -0.490 e. The van der Waals surface area contributed by atoms with E-state index in [4.69, 9.17) is 9.47 Å². The van der Waals surface area contributed by atoms with Gasteiger partial charge in [0.15, 0.2) is 11.5 Å². The molecule has 152 valence electrons. The number of ether oxygens (including phenoxy) is 2. The second-order valence-electron chi connectivity index (χ2n) is 7.99. The Morgan fingerprint density at radius 3 is 2.44 bits per heavy atom. The van der Waals surface area contributed by atoms with Crippen LogP contribution in [0.15, 0.2) is 18.2 Å². The number of rotatable bonds is 6. The molecule has 0 amide bonds. The van der Waals surface area contributed by atoms with Crippen LogP contribution in [0.25, 0.3) is 0 Å². The van der Waals surface area contributed by atoms with Gasteiger partial charge in [-0.25, -0.2) is 12.7 Å². The third-order valence-electron chi connectivity index (χ3n) is 5.15. The molecule has 1 N–H and O–H groups in total. The maximum Gasteiger partial charge on any atom is 0.214 e. The fourth-order valence-electron chi connectivity index (χ4n) is 3.73. The lowest BCUT2D eigenvalue weighted by atomic mass is 10.0. The summed E-state index contributed by atoms with van der Waals surface area (Å²) in [5.74, 6) is 2.02. The highest BCUT2D eigenvalue weighted by molar-refractivity contribution is 7.89. The third-order valence-corrected chi connectivity index (χ3v) is 7.39. The summed E-state index contributed by atoms with van der Waals surface area (Å²) in [6, 6.07) is 6.61. The van der Waals surface area contributed by atoms with E-state index in [1.54, 1.807) is 4.31 Å². The lowest BCUT2D eigenvalue weighted by Gasteiger charge is -2.33. The van der Waals surface area contributed by atoms with Crippen molar-refractivity contribution in [2.75, 3.05) is 32.1 Å². The normalized spacial score (nSPS) is 20.4. The Morgan fingerprint density at radius 2 is 1.78 bits per heavy atom. The van der Waals surface area contributed by atoms with Gasteiger partial charge in [0.05, 0.1) is 19.0 Å². The molecule has 27 heavy (non-hydrogen) atoms. The summed E-state index contributed by atoms with van der Waals surface area (Å²) >= 11 is 0. The molecule has 2 heterocycles. The highest BCUT2D eigenvalue weighted by atomic mass is 32.2. The zero-order valence-electron chi connectivity index (χ0n) is 16.6. The average Bonchev–Trinajstić information content (AvgIpc) is 2.85. The van der Waals surface area contributed by atoms with Crippen molar-refractivity contribution in [2.24, 2.45) is 5.92 Å². The van der Waals surface area contributed by atoms with Crippen LogP contribution in [0, 0.1) is 5.92 Å². The van der Waals surface area contributed by atoms with E-state index in [2.05, 4.69) is 24.4 Å². The van der Waals surface area contributed by atoms with Crippen molar-refractivity contribution in [2.45, 2.75) is 52.1 Å². The summed E-state index contributed by atoms with van der Waals surface area (Å²) in [7, 11) is -3.13. The van der Waals surface area contributed by atoms with Crippen molar-refractivity contribution in [3.63, 3.8) is 0 Å². The number of piperidine rings is 1. The predicted octanol–water partition coefficient (Wildman–Crippen LogP) is 2.95. The van der Waals surface area contributed by atoms with Crippen LogP contribution < -0.4 is 14.8 Å². The Labute approximate surface area is 163 Å². The van der Waals surface area contributed by atoms with Gasteiger partial charge in [0, 0.05) is 31.6 Å². The van der Waals surface area contributed by atoms with Gasteiger partial charge >= 0.3 is 0 Å². The van der Waals surface area contributed by atoms with E-state index in [1.807, 2.05) is 19.9 Å². The number of nitrogens with zero attached hydrogens (tertiary/aromatic N) is 1. The molecule has 0 radical (unpaired) electrons. The molecule has 1 fully saturated rings. The Morgan fingerprint density at radius 1 is 1.11 bits per heavy atom. The van der Waals surface area contributed by atoms with Crippen molar-refractivity contribution in [1.29, 1.82) is 0 Å². The topological polar surface area (TPSA) is 67.9 Å². The van der Waals surface area contributed by atoms with Gasteiger partial charge in [-0.05, 0) is 43.4 Å². The summed E-state index contributed by atoms with van der Waals surface area (Å²) in [5, 5.41) is 3.65. The zero-order chi connectivity index (χ0) is 19.4. The summed E-state index contributed by atoms with van der Waals surface area (Å²) < 4.78 is 37.9. The molecule has 1 aromatic rings. The van der Waals surface area contributed by atoms with Crippen molar-refractivity contribution in [1.82, 2.24) is 9.62 Å². The molecule has 3 rings (SSSR count). The number of fused-ring (bicyclic) bond motifs is 1. The lowest BCUT2D eigenvalue weighted by molar-refractivity contribution is 0.276. The molecule has 0 aliphatic carbocycles. The number of nitrogens with one attached hydrogen (secondary N) is 1. The smallest absolute Gasteiger partial charge is 0.214 e. The molecular weight excluding hydrogens is 364 g/mol. The summed E-state index contributed by atoms with van der Waals surface area (Å²) in [4.78, 5) is 0. The molecule has 0 bridgehead atoms. The molecule has 2 aliphatic rings. The van der Waals surface area contributed by atoms with Gasteiger partial charge in [0.2, 0.25) is 10.0 Å². The van der Waals surface area contributed by atoms with Gasteiger partial charge < -0.3 is 14.8 Å². The monoisotopic (exact) mass is 396 g/mol. The molecule has 1 aromatic carbocycles. The van der Waals surface area contributed by atoms with Crippen LogP contribution in [0.4, 0.5) is 0 Å². The first-order valence-electron chi connectivity index (χ1n) is 9.98. The molecule has 0 saturated carbocycles. The van der Waals surface area contributed by atoms with E-state index in [9.17, 15) is 8.42 Å². The minimum atomic E-state index is -3.13. The van der Waals surface area contributed by atoms with E-state index in [0.717, 1.165) is 36.3 Å². The standard InChI is InChI=1S/C20H32N2O4S/c1-15(2)14-27(23,24)22-9-7-18(8-10-22)21-16(3)17-5-6-19-20(13-17)26-12-4-11-25-19/h5-6,13,15-16,18,21H,4,7-12,14H2,1-3H3/t16-/m0/s1. The minimum absolute atomic E-state index is 0.158. The van der Waals surface area contributed by atoms with Gasteiger partial charge in [0.25, 0.3) is 0 Å². The Balaban J connectivity index is 1.55. The first-order chi connectivity index (χ1) is 12.8. The Bertz CT molecular complexity index is 727. The van der Waals surface area contributed by atoms with Crippen molar-refractivity contribution in [3.8, 4) is 11.5 Å². The number of benzene rings is 1. The molecule has 6 nitrogen and oxygen atoms in total. The van der Waals surface area contributed by atoms with Crippen molar-refractivity contribution >= 4 is 10.0 Å². The van der Waals surface area contributed by atoms with Crippen LogP contribution in [0.2, 0.25) is 0 Å². The number of hydrogen-bond donors (Lipinski definition) is 1. The van der Waals surface area contributed by atoms with E-state index in [1.165, 1.54) is 0 Å². The van der Waals surface area contributed by atoms with Crippen LogP contribution in [-0.4, -0.2) is 50.8 Å². The van der Waals surface area contributed by atoms with Crippen LogP contribution in [0.1, 0.15) is 51.6 Å². The zero-order valence-corrected chi connectivity index (χ0v) is 17.4. The van der Waals surface area contributed by atoms with Crippen LogP contribution >= 0.6 is 0 Å². The molecule has 2 aliphatic heterocycles. The fraction of sp³-hybridized carbons (Fsp3) is 0.700. The molecule has 0 spiro atoms. The largest absolute Gasteiger partial charge is 0.490 e. The van der Waals surface area contributed by atoms with Crippen LogP contribution in [0.3, 0.4) is 0 Å². The fourth-order valence-corrected chi connectivity index (χ4v) is 5.55. The maximum atomic E-state index is 12.4. The van der Waals surface area contributed by atoms with Crippen molar-refractivity contribution in [3.05, 3.63) is 23.8 Å². The Hall–Kier alpha value is -1.31. The van der Waals surface area contributed by atoms with Gasteiger partial charge in [0.1, 0.15) is 0 Å². The third kappa shape index (κ3) is 5.36. The predicted molar refractivity (Wildman–Crippen MR) is 107 cm³/mol. The number of hydrogen-bond acceptors (Lipinski definition) is 5. The van der Waals surface area contributed by atoms with Crippen LogP contribution in [0.5, 0.6) is 11.5 Å². The molecule has 1 saturated heterocycles. The molecule has 0 unspecified atom stereocenters. The van der Waals surface area contributed by atoms with E-state index >= 15 is 0 Å². The maximum absolute atomic E-state index is 12.4. The second-order valence-corrected chi connectivity index (χ2v) is 10.0.